The molecule has 2 nitrogen and oxygen atoms in total. The third kappa shape index (κ3) is 3.76. The summed E-state index contributed by atoms with van der Waals surface area (Å²) in [5.74, 6) is 0. The average Bonchev–Trinajstić information content (AvgIpc) is 2.28. The Morgan fingerprint density at radius 1 is 1.40 bits per heavy atom. The topological polar surface area (TPSA) is 26.3 Å². The lowest BCUT2D eigenvalue weighted by atomic mass is 10.0. The molecule has 1 rings (SSSR count). The van der Waals surface area contributed by atoms with Crippen LogP contribution in [0.4, 0.5) is 0 Å². The van der Waals surface area contributed by atoms with Crippen LogP contribution in [0.15, 0.2) is 16.6 Å². The molecule has 0 aliphatic carbocycles. The molecule has 84 valence electrons. The monoisotopic (exact) mass is 272 g/mol. The lowest BCUT2D eigenvalue weighted by molar-refractivity contribution is 0.111. The van der Waals surface area contributed by atoms with Gasteiger partial charge in [-0.3, -0.25) is 4.79 Å². The van der Waals surface area contributed by atoms with Gasteiger partial charge in [-0.2, -0.15) is 0 Å². The molecule has 0 aliphatic heterocycles. The fourth-order valence-electron chi connectivity index (χ4n) is 1.20. The van der Waals surface area contributed by atoms with Crippen molar-refractivity contribution in [3.63, 3.8) is 0 Å². The Bertz CT molecular complexity index is 322. The van der Waals surface area contributed by atoms with Crippen molar-refractivity contribution in [3.05, 3.63) is 33.3 Å². The standard InChI is InChI=1S/C10H11BrO2.C2H6/c1-7-9(6-13-2)8(5-12)3-4-10(7)11;1-2/h3-5H,6H2,1-2H3;1-2H3. The van der Waals surface area contributed by atoms with E-state index in [2.05, 4.69) is 15.9 Å². The summed E-state index contributed by atoms with van der Waals surface area (Å²) in [5.41, 5.74) is 2.71. The Kier molecular flexibility index (Phi) is 7.26. The van der Waals surface area contributed by atoms with E-state index in [0.29, 0.717) is 12.2 Å². The SMILES string of the molecule is CC.COCc1c(C=O)ccc(Br)c1C. The maximum Gasteiger partial charge on any atom is 0.150 e. The number of halogens is 1. The van der Waals surface area contributed by atoms with Crippen molar-refractivity contribution in [1.29, 1.82) is 0 Å². The van der Waals surface area contributed by atoms with Crippen LogP contribution in [0.25, 0.3) is 0 Å². The van der Waals surface area contributed by atoms with E-state index in [4.69, 9.17) is 4.74 Å². The molecule has 0 bridgehead atoms. The summed E-state index contributed by atoms with van der Waals surface area (Å²) in [7, 11) is 1.62. The second-order valence-corrected chi connectivity index (χ2v) is 3.65. The van der Waals surface area contributed by atoms with Gasteiger partial charge in [0, 0.05) is 17.1 Å². The van der Waals surface area contributed by atoms with Gasteiger partial charge in [0.2, 0.25) is 0 Å². The van der Waals surface area contributed by atoms with Gasteiger partial charge < -0.3 is 4.74 Å². The number of aldehydes is 1. The molecule has 1 aromatic carbocycles. The quantitative estimate of drug-likeness (QED) is 0.784. The minimum atomic E-state index is 0.472. The van der Waals surface area contributed by atoms with Crippen LogP contribution in [0.3, 0.4) is 0 Å². The predicted octanol–water partition coefficient (Wildman–Crippen LogP) is 3.74. The van der Waals surface area contributed by atoms with E-state index in [-0.39, 0.29) is 0 Å². The highest BCUT2D eigenvalue weighted by molar-refractivity contribution is 9.10. The van der Waals surface area contributed by atoms with Crippen molar-refractivity contribution in [2.45, 2.75) is 27.4 Å². The molecule has 0 heterocycles. The number of ether oxygens (including phenoxy) is 1. The molecule has 0 amide bonds. The lowest BCUT2D eigenvalue weighted by Gasteiger charge is -2.09. The van der Waals surface area contributed by atoms with Crippen molar-refractivity contribution < 1.29 is 9.53 Å². The molecular formula is C12H17BrO2. The smallest absolute Gasteiger partial charge is 0.150 e. The molecule has 0 saturated heterocycles. The van der Waals surface area contributed by atoms with E-state index in [1.54, 1.807) is 13.2 Å². The highest BCUT2D eigenvalue weighted by Gasteiger charge is 2.07. The van der Waals surface area contributed by atoms with Gasteiger partial charge >= 0.3 is 0 Å². The fourth-order valence-corrected chi connectivity index (χ4v) is 1.57. The zero-order valence-corrected chi connectivity index (χ0v) is 11.2. The first-order chi connectivity index (χ1) is 7.20. The molecule has 0 aromatic heterocycles. The second kappa shape index (κ2) is 7.60. The van der Waals surface area contributed by atoms with E-state index in [1.807, 2.05) is 26.8 Å². The molecule has 0 N–H and O–H groups in total. The van der Waals surface area contributed by atoms with E-state index in [1.165, 1.54) is 0 Å². The van der Waals surface area contributed by atoms with Crippen LogP contribution in [0, 0.1) is 6.92 Å². The van der Waals surface area contributed by atoms with Crippen LogP contribution in [-0.2, 0) is 11.3 Å². The second-order valence-electron chi connectivity index (χ2n) is 2.79. The Balaban J connectivity index is 0.000000921. The van der Waals surface area contributed by atoms with Crippen LogP contribution >= 0.6 is 15.9 Å². The van der Waals surface area contributed by atoms with Gasteiger partial charge in [-0.1, -0.05) is 35.8 Å². The van der Waals surface area contributed by atoms with Crippen molar-refractivity contribution in [3.8, 4) is 0 Å². The molecule has 0 radical (unpaired) electrons. The Morgan fingerprint density at radius 2 is 2.00 bits per heavy atom. The molecule has 0 atom stereocenters. The zero-order chi connectivity index (χ0) is 11.8. The number of benzene rings is 1. The normalized spacial score (nSPS) is 9.13. The van der Waals surface area contributed by atoms with Gasteiger partial charge in [0.15, 0.2) is 0 Å². The number of hydrogen-bond acceptors (Lipinski definition) is 2. The third-order valence-corrected chi connectivity index (χ3v) is 2.84. The van der Waals surface area contributed by atoms with Crippen LogP contribution in [0.2, 0.25) is 0 Å². The molecule has 0 aliphatic rings. The summed E-state index contributed by atoms with van der Waals surface area (Å²) in [6, 6.07) is 3.66. The van der Waals surface area contributed by atoms with Crippen LogP contribution in [0.5, 0.6) is 0 Å². The number of hydrogen-bond donors (Lipinski definition) is 0. The van der Waals surface area contributed by atoms with E-state index in [0.717, 1.165) is 21.9 Å². The van der Waals surface area contributed by atoms with Crippen LogP contribution in [-0.4, -0.2) is 13.4 Å². The Morgan fingerprint density at radius 3 is 2.47 bits per heavy atom. The Hall–Kier alpha value is -0.670. The lowest BCUT2D eigenvalue weighted by Crippen LogP contribution is -1.98. The predicted molar refractivity (Wildman–Crippen MR) is 66.3 cm³/mol. The first-order valence-corrected chi connectivity index (χ1v) is 5.72. The first-order valence-electron chi connectivity index (χ1n) is 4.92. The molecule has 0 spiro atoms. The highest BCUT2D eigenvalue weighted by Crippen LogP contribution is 2.22. The summed E-state index contributed by atoms with van der Waals surface area (Å²) in [4.78, 5) is 10.7. The molecular weight excluding hydrogens is 256 g/mol. The third-order valence-electron chi connectivity index (χ3n) is 1.98. The van der Waals surface area contributed by atoms with E-state index < -0.39 is 0 Å². The molecule has 0 fully saturated rings. The zero-order valence-electron chi connectivity index (χ0n) is 9.63. The number of carbonyl (C=O) groups is 1. The van der Waals surface area contributed by atoms with Gasteiger partial charge in [-0.05, 0) is 24.1 Å². The number of methoxy groups -OCH3 is 1. The maximum atomic E-state index is 10.7. The van der Waals surface area contributed by atoms with Gasteiger partial charge in [0.1, 0.15) is 6.29 Å². The minimum Gasteiger partial charge on any atom is -0.380 e. The first kappa shape index (κ1) is 14.3. The fraction of sp³-hybridized carbons (Fsp3) is 0.417. The average molecular weight is 273 g/mol. The van der Waals surface area contributed by atoms with Crippen LogP contribution < -0.4 is 0 Å². The van der Waals surface area contributed by atoms with Gasteiger partial charge in [0.05, 0.1) is 6.61 Å². The van der Waals surface area contributed by atoms with Crippen molar-refractivity contribution >= 4 is 22.2 Å². The largest absolute Gasteiger partial charge is 0.380 e. The molecule has 3 heteroatoms. The van der Waals surface area contributed by atoms with E-state index in [9.17, 15) is 4.79 Å². The summed E-state index contributed by atoms with van der Waals surface area (Å²) in [5, 5.41) is 0. The molecule has 15 heavy (non-hydrogen) atoms. The van der Waals surface area contributed by atoms with Crippen molar-refractivity contribution in [2.75, 3.05) is 7.11 Å². The summed E-state index contributed by atoms with van der Waals surface area (Å²) in [6.07, 6.45) is 0.855. The molecule has 0 saturated carbocycles. The minimum absolute atomic E-state index is 0.472. The molecule has 0 unspecified atom stereocenters. The molecule has 1 aromatic rings. The van der Waals surface area contributed by atoms with Crippen LogP contribution in [0.1, 0.15) is 35.3 Å². The number of rotatable bonds is 3. The maximum absolute atomic E-state index is 10.7. The van der Waals surface area contributed by atoms with Crippen molar-refractivity contribution in [1.82, 2.24) is 0 Å². The van der Waals surface area contributed by atoms with Gasteiger partial charge in [0.25, 0.3) is 0 Å². The summed E-state index contributed by atoms with van der Waals surface area (Å²) in [6.45, 7) is 6.44. The Labute approximate surface area is 99.8 Å². The van der Waals surface area contributed by atoms with E-state index >= 15 is 0 Å². The van der Waals surface area contributed by atoms with Crippen molar-refractivity contribution in [2.24, 2.45) is 0 Å². The summed E-state index contributed by atoms with van der Waals surface area (Å²) >= 11 is 3.41. The summed E-state index contributed by atoms with van der Waals surface area (Å²) < 4.78 is 6.03. The van der Waals surface area contributed by atoms with Gasteiger partial charge in [-0.15, -0.1) is 0 Å². The van der Waals surface area contributed by atoms with Gasteiger partial charge in [-0.25, -0.2) is 0 Å². The highest BCUT2D eigenvalue weighted by atomic mass is 79.9. The number of carbonyl (C=O) groups excluding carboxylic acids is 1.